The minimum Gasteiger partial charge on any atom is -0.503 e. The highest BCUT2D eigenvalue weighted by Gasteiger charge is 2.58. The van der Waals surface area contributed by atoms with E-state index in [1.807, 2.05) is 0 Å². The van der Waals surface area contributed by atoms with Gasteiger partial charge in [-0.2, -0.15) is 13.5 Å². The van der Waals surface area contributed by atoms with E-state index in [4.69, 9.17) is 15.1 Å². The average molecular weight is 521 g/mol. The smallest absolute Gasteiger partial charge is 0.418 e. The molecule has 0 radical (unpaired) electrons. The number of carbonyl (C=O) groups excluding carboxylic acids is 3. The van der Waals surface area contributed by atoms with E-state index in [1.165, 1.54) is 19.2 Å². The number of hydroxylamine groups is 4. The summed E-state index contributed by atoms with van der Waals surface area (Å²) in [6.07, 6.45) is 0.525. The molecule has 0 aromatic carbocycles. The third-order valence-corrected chi connectivity index (χ3v) is 5.87. The van der Waals surface area contributed by atoms with Crippen LogP contribution in [0.5, 0.6) is 0 Å². The first-order valence-electron chi connectivity index (χ1n) is 9.35. The first-order valence-corrected chi connectivity index (χ1v) is 11.6. The van der Waals surface area contributed by atoms with E-state index in [-0.39, 0.29) is 23.9 Å². The predicted octanol–water partition coefficient (Wildman–Crippen LogP) is -1.28. The lowest BCUT2D eigenvalue weighted by atomic mass is 9.84. The third kappa shape index (κ3) is 5.25. The Bertz CT molecular complexity index is 1180. The molecule has 0 bridgehead atoms. The van der Waals surface area contributed by atoms with Crippen molar-refractivity contribution in [3.63, 3.8) is 0 Å². The minimum atomic E-state index is -4.97. The summed E-state index contributed by atoms with van der Waals surface area (Å²) in [4.78, 5) is 45.9. The molecule has 0 spiro atoms. The maximum atomic E-state index is 12.9. The van der Waals surface area contributed by atoms with Gasteiger partial charge in [0.25, 0.3) is 11.8 Å². The van der Waals surface area contributed by atoms with Crippen molar-refractivity contribution in [1.82, 2.24) is 20.4 Å². The maximum Gasteiger partial charge on any atom is 0.418 e. The van der Waals surface area contributed by atoms with E-state index < -0.39 is 57.1 Å². The van der Waals surface area contributed by atoms with Gasteiger partial charge in [-0.05, 0) is 13.8 Å². The number of nitrogens with two attached hydrogens (primary N) is 1. The van der Waals surface area contributed by atoms with Crippen molar-refractivity contribution in [2.75, 3.05) is 12.3 Å². The number of aliphatic hydroxyl groups excluding tert-OH is 1. The summed E-state index contributed by atoms with van der Waals surface area (Å²) in [5.41, 5.74) is 3.82. The van der Waals surface area contributed by atoms with Crippen LogP contribution in [0.3, 0.4) is 0 Å². The molecule has 3 heterocycles. The van der Waals surface area contributed by atoms with Crippen LogP contribution in [0.1, 0.15) is 26.0 Å². The number of anilines is 1. The number of Topliss-reactive ketones (excluding diaryl/α,β-unsaturated/α-hetero) is 1. The van der Waals surface area contributed by atoms with E-state index in [2.05, 4.69) is 19.7 Å². The first-order chi connectivity index (χ1) is 15.7. The number of nitrogens with one attached hydrogen (secondary N) is 1. The number of β-lactam (4-membered cyclic amide) rings is 1. The molecule has 2 aliphatic rings. The van der Waals surface area contributed by atoms with Gasteiger partial charge in [0.1, 0.15) is 18.3 Å². The van der Waals surface area contributed by atoms with Crippen molar-refractivity contribution in [1.29, 1.82) is 0 Å². The Labute approximate surface area is 196 Å². The summed E-state index contributed by atoms with van der Waals surface area (Å²) in [7, 11) is -4.97. The monoisotopic (exact) mass is 520 g/mol. The standard InChI is InChI=1S/C16H20N6O10S2/c1-16(2)12(14(26)22(16)32-34(28,29)30)19-13(25)11(8-6-33-15(17)18-8)20-31-5-7-3-9(23)10(24)4-21(7)27/h4,6-7,12,24,27H,3,5H2,1-2H3,(H2,17,18)(H,19,25)(H,28,29,30)/b20-11-/t7?,12-/m1/s1. The molecule has 1 aromatic heterocycles. The lowest BCUT2D eigenvalue weighted by molar-refractivity contribution is -0.218. The number of aromatic nitrogens is 1. The van der Waals surface area contributed by atoms with Gasteiger partial charge in [0, 0.05) is 11.8 Å². The fourth-order valence-corrected chi connectivity index (χ4v) is 4.06. The fourth-order valence-electron chi connectivity index (χ4n) is 3.06. The quantitative estimate of drug-likeness (QED) is 0.116. The lowest BCUT2D eigenvalue weighted by Gasteiger charge is -2.50. The van der Waals surface area contributed by atoms with E-state index in [0.717, 1.165) is 17.5 Å². The zero-order valence-electron chi connectivity index (χ0n) is 17.6. The Hall–Kier alpha value is -3.32. The van der Waals surface area contributed by atoms with Crippen molar-refractivity contribution in [2.45, 2.75) is 37.9 Å². The van der Waals surface area contributed by atoms with Crippen molar-refractivity contribution in [3.8, 4) is 0 Å². The topological polar surface area (TPSA) is 234 Å². The van der Waals surface area contributed by atoms with Crippen molar-refractivity contribution in [3.05, 3.63) is 23.0 Å². The molecule has 1 aromatic rings. The van der Waals surface area contributed by atoms with Crippen LogP contribution in [0.2, 0.25) is 0 Å². The SMILES string of the molecule is CC1(C)[C@H](NC(=O)/C(=N\OCC2CC(=O)C(O)=CN2O)c2csc(N)n2)C(=O)N1OS(=O)(=O)O. The summed E-state index contributed by atoms with van der Waals surface area (Å²) in [6, 6.07) is -2.17. The van der Waals surface area contributed by atoms with Crippen LogP contribution >= 0.6 is 11.3 Å². The Morgan fingerprint density at radius 1 is 1.44 bits per heavy atom. The number of hydrogen-bond acceptors (Lipinski definition) is 14. The Morgan fingerprint density at radius 3 is 2.68 bits per heavy atom. The number of thiazole rings is 1. The summed E-state index contributed by atoms with van der Waals surface area (Å²) in [6.45, 7) is 2.38. The summed E-state index contributed by atoms with van der Waals surface area (Å²) < 4.78 is 34.9. The van der Waals surface area contributed by atoms with Crippen LogP contribution in [-0.2, 0) is 33.9 Å². The fraction of sp³-hybridized carbons (Fsp3) is 0.438. The number of aliphatic hydroxyl groups is 1. The van der Waals surface area contributed by atoms with Gasteiger partial charge >= 0.3 is 10.4 Å². The Morgan fingerprint density at radius 2 is 2.12 bits per heavy atom. The number of oxime groups is 1. The summed E-state index contributed by atoms with van der Waals surface area (Å²) in [5.74, 6) is -3.16. The number of nitrogen functional groups attached to an aromatic ring is 1. The molecule has 3 rings (SSSR count). The van der Waals surface area contributed by atoms with Gasteiger partial charge in [0.2, 0.25) is 5.78 Å². The second kappa shape index (κ2) is 9.14. The first kappa shape index (κ1) is 25.3. The number of amides is 2. The molecule has 2 amide bonds. The van der Waals surface area contributed by atoms with Crippen LogP contribution in [0.4, 0.5) is 5.13 Å². The van der Waals surface area contributed by atoms with E-state index in [9.17, 15) is 33.1 Å². The van der Waals surface area contributed by atoms with Gasteiger partial charge in [-0.3, -0.25) is 29.2 Å². The van der Waals surface area contributed by atoms with Gasteiger partial charge in [-0.1, -0.05) is 5.16 Å². The number of carbonyl (C=O) groups is 3. The second-order valence-electron chi connectivity index (χ2n) is 7.68. The molecule has 18 heteroatoms. The molecule has 2 aliphatic heterocycles. The zero-order chi connectivity index (χ0) is 25.4. The predicted molar refractivity (Wildman–Crippen MR) is 112 cm³/mol. The van der Waals surface area contributed by atoms with Gasteiger partial charge in [-0.15, -0.1) is 15.6 Å². The van der Waals surface area contributed by atoms with Crippen molar-refractivity contribution < 1.29 is 46.8 Å². The number of nitrogens with zero attached hydrogens (tertiary/aromatic N) is 4. The number of allylic oxidation sites excluding steroid dienone is 1. The van der Waals surface area contributed by atoms with Crippen molar-refractivity contribution in [2.24, 2.45) is 5.16 Å². The highest BCUT2D eigenvalue weighted by molar-refractivity contribution is 7.80. The molecule has 0 aliphatic carbocycles. The minimum absolute atomic E-state index is 0.00580. The Kier molecular flexibility index (Phi) is 6.80. The van der Waals surface area contributed by atoms with Gasteiger partial charge in [0.05, 0.1) is 17.8 Å². The van der Waals surface area contributed by atoms with Crippen LogP contribution in [-0.4, -0.2) is 85.9 Å². The molecule has 34 heavy (non-hydrogen) atoms. The largest absolute Gasteiger partial charge is 0.503 e. The van der Waals surface area contributed by atoms with E-state index in [0.29, 0.717) is 10.1 Å². The molecule has 6 N–H and O–H groups in total. The van der Waals surface area contributed by atoms with Gasteiger partial charge in [-0.25, -0.2) is 4.98 Å². The molecule has 186 valence electrons. The molecule has 1 unspecified atom stereocenters. The highest BCUT2D eigenvalue weighted by Crippen LogP contribution is 2.33. The van der Waals surface area contributed by atoms with E-state index in [1.54, 1.807) is 0 Å². The number of ketones is 1. The zero-order valence-corrected chi connectivity index (χ0v) is 19.2. The third-order valence-electron chi connectivity index (χ3n) is 4.86. The average Bonchev–Trinajstić information content (AvgIpc) is 3.16. The lowest BCUT2D eigenvalue weighted by Crippen LogP contribution is -2.76. The normalized spacial score (nSPS) is 22.8. The van der Waals surface area contributed by atoms with Crippen LogP contribution in [0.15, 0.2) is 22.5 Å². The summed E-state index contributed by atoms with van der Waals surface area (Å²) in [5, 5.41) is 27.7. The molecule has 1 saturated heterocycles. The number of rotatable bonds is 8. The van der Waals surface area contributed by atoms with Crippen LogP contribution in [0.25, 0.3) is 0 Å². The second-order valence-corrected chi connectivity index (χ2v) is 9.57. The molecule has 2 atom stereocenters. The number of hydrogen-bond donors (Lipinski definition) is 5. The summed E-state index contributed by atoms with van der Waals surface area (Å²) >= 11 is 0.990. The molecule has 1 fully saturated rings. The molecule has 0 saturated carbocycles. The molecule has 16 nitrogen and oxygen atoms in total. The van der Waals surface area contributed by atoms with Crippen LogP contribution < -0.4 is 11.1 Å². The molecular weight excluding hydrogens is 500 g/mol. The van der Waals surface area contributed by atoms with E-state index >= 15 is 0 Å². The van der Waals surface area contributed by atoms with Crippen LogP contribution in [0, 0.1) is 0 Å². The Balaban J connectivity index is 1.74. The van der Waals surface area contributed by atoms with Crippen molar-refractivity contribution >= 4 is 50.2 Å². The van der Waals surface area contributed by atoms with Gasteiger partial charge in [0.15, 0.2) is 16.6 Å². The van der Waals surface area contributed by atoms with Gasteiger partial charge < -0.3 is 21.0 Å². The highest BCUT2D eigenvalue weighted by atomic mass is 32.3. The maximum absolute atomic E-state index is 12.9. The molecular formula is C16H20N6O10S2.